The van der Waals surface area contributed by atoms with Gasteiger partial charge in [-0.25, -0.2) is 4.79 Å². The normalized spacial score (nSPS) is 13.9. The maximum Gasteiger partial charge on any atom is 0.337 e. The molecule has 0 fully saturated rings. The number of carboxylic acids is 1. The molecule has 1 amide bonds. The van der Waals surface area contributed by atoms with Gasteiger partial charge in [0.25, 0.3) is 5.91 Å². The Kier molecular flexibility index (Phi) is 7.17. The number of aliphatic imine (C=N–C) groups is 1. The Morgan fingerprint density at radius 3 is 2.67 bits per heavy atom. The molecule has 2 aromatic carbocycles. The smallest absolute Gasteiger partial charge is 0.337 e. The van der Waals surface area contributed by atoms with Gasteiger partial charge >= 0.3 is 5.97 Å². The number of para-hydroxylation sites is 1. The van der Waals surface area contributed by atoms with Gasteiger partial charge in [0.05, 0.1) is 30.3 Å². The lowest BCUT2D eigenvalue weighted by Gasteiger charge is -2.13. The first-order valence-corrected chi connectivity index (χ1v) is 11.3. The van der Waals surface area contributed by atoms with Crippen LogP contribution in [0.5, 0.6) is 5.75 Å². The van der Waals surface area contributed by atoms with E-state index in [1.54, 1.807) is 59.3 Å². The zero-order chi connectivity index (χ0) is 25.8. The predicted octanol–water partition coefficient (Wildman–Crippen LogP) is 4.10. The highest BCUT2D eigenvalue weighted by molar-refractivity contribution is 6.38. The average molecular weight is 504 g/mol. The Morgan fingerprint density at radius 1 is 1.19 bits per heavy atom. The number of aromatic nitrogens is 1. The molecule has 8 nitrogen and oxygen atoms in total. The van der Waals surface area contributed by atoms with Crippen molar-refractivity contribution >= 4 is 63.7 Å². The summed E-state index contributed by atoms with van der Waals surface area (Å²) < 4.78 is 7.20. The molecule has 182 valence electrons. The summed E-state index contributed by atoms with van der Waals surface area (Å²) >= 11 is 6.33. The van der Waals surface area contributed by atoms with Gasteiger partial charge in [-0.1, -0.05) is 29.8 Å². The van der Waals surface area contributed by atoms with Crippen LogP contribution in [0.1, 0.15) is 11.1 Å². The number of halogens is 1. The molecule has 0 aliphatic carbocycles. The zero-order valence-corrected chi connectivity index (χ0v) is 20.2. The molecule has 1 aliphatic rings. The molecule has 0 saturated heterocycles. The van der Waals surface area contributed by atoms with E-state index >= 15 is 0 Å². The molecule has 2 N–H and O–H groups in total. The van der Waals surface area contributed by atoms with Crippen LogP contribution < -0.4 is 10.1 Å². The largest absolute Gasteiger partial charge is 0.496 e. The maximum absolute atomic E-state index is 13.3. The summed E-state index contributed by atoms with van der Waals surface area (Å²) in [5.41, 5.74) is 2.37. The first-order chi connectivity index (χ1) is 17.4. The van der Waals surface area contributed by atoms with Gasteiger partial charge in [-0.2, -0.15) is 0 Å². The molecule has 0 bridgehead atoms. The average Bonchev–Trinajstić information content (AvgIpc) is 3.06. The Hall–Kier alpha value is -4.43. The number of nitrogens with zero attached hydrogens (tertiary/aromatic N) is 2. The minimum Gasteiger partial charge on any atom is -0.496 e. The van der Waals surface area contributed by atoms with Crippen LogP contribution in [0.25, 0.3) is 27.7 Å². The van der Waals surface area contributed by atoms with Crippen LogP contribution in [0.3, 0.4) is 0 Å². The zero-order valence-electron chi connectivity index (χ0n) is 19.5. The second-order valence-electron chi connectivity index (χ2n) is 7.79. The van der Waals surface area contributed by atoms with E-state index in [-0.39, 0.29) is 23.3 Å². The molecule has 1 aromatic heterocycles. The molecular formula is C27H22ClN3O5. The number of allylic oxidation sites excluding steroid dienone is 3. The summed E-state index contributed by atoms with van der Waals surface area (Å²) in [5.74, 6) is -1.17. The lowest BCUT2D eigenvalue weighted by molar-refractivity contribution is -0.132. The van der Waals surface area contributed by atoms with Gasteiger partial charge in [0, 0.05) is 52.3 Å². The number of hydrogen-bond donors (Lipinski definition) is 2. The summed E-state index contributed by atoms with van der Waals surface area (Å²) in [4.78, 5) is 41.5. The van der Waals surface area contributed by atoms with Crippen molar-refractivity contribution in [1.29, 1.82) is 0 Å². The number of ether oxygens (including phenoxy) is 1. The highest BCUT2D eigenvalue weighted by atomic mass is 35.5. The van der Waals surface area contributed by atoms with Crippen molar-refractivity contribution in [3.05, 3.63) is 82.5 Å². The second kappa shape index (κ2) is 10.5. The molecule has 9 heteroatoms. The second-order valence-corrected chi connectivity index (χ2v) is 8.22. The molecule has 36 heavy (non-hydrogen) atoms. The summed E-state index contributed by atoms with van der Waals surface area (Å²) in [6, 6.07) is 12.1. The van der Waals surface area contributed by atoms with Crippen molar-refractivity contribution < 1.29 is 24.2 Å². The van der Waals surface area contributed by atoms with Crippen molar-refractivity contribution in [1.82, 2.24) is 9.88 Å². The fraction of sp³-hybridized carbons (Fsp3) is 0.111. The minimum absolute atomic E-state index is 0.0146. The maximum atomic E-state index is 13.3. The van der Waals surface area contributed by atoms with Crippen LogP contribution >= 0.6 is 11.6 Å². The Labute approximate surface area is 211 Å². The topological polar surface area (TPSA) is 110 Å². The molecule has 2 heterocycles. The van der Waals surface area contributed by atoms with Crippen LogP contribution in [-0.2, 0) is 14.4 Å². The van der Waals surface area contributed by atoms with Gasteiger partial charge in [0.2, 0.25) is 0 Å². The van der Waals surface area contributed by atoms with E-state index < -0.39 is 11.9 Å². The van der Waals surface area contributed by atoms with Crippen LogP contribution in [-0.4, -0.2) is 54.8 Å². The number of carboxylic acid groups (broad SMARTS) is 1. The van der Waals surface area contributed by atoms with E-state index in [4.69, 9.17) is 16.3 Å². The van der Waals surface area contributed by atoms with Crippen LogP contribution in [0.15, 0.2) is 71.4 Å². The third-order valence-corrected chi connectivity index (χ3v) is 5.97. The monoisotopic (exact) mass is 503 g/mol. The van der Waals surface area contributed by atoms with Crippen molar-refractivity contribution in [2.75, 3.05) is 20.7 Å². The lowest BCUT2D eigenvalue weighted by Crippen LogP contribution is -2.20. The molecule has 4 rings (SSSR count). The number of nitrogens with one attached hydrogen (secondary N) is 1. The van der Waals surface area contributed by atoms with Gasteiger partial charge in [0.15, 0.2) is 6.29 Å². The Bertz CT molecular complexity index is 1510. The number of benzene rings is 2. The first-order valence-electron chi connectivity index (χ1n) is 10.9. The highest BCUT2D eigenvalue weighted by Crippen LogP contribution is 2.37. The number of rotatable bonds is 7. The number of methoxy groups -OCH3 is 1. The number of fused-ring (bicyclic) bond motifs is 1. The van der Waals surface area contributed by atoms with E-state index in [0.717, 1.165) is 0 Å². The third kappa shape index (κ3) is 4.58. The molecule has 0 spiro atoms. The van der Waals surface area contributed by atoms with Crippen LogP contribution in [0.4, 0.5) is 0 Å². The van der Waals surface area contributed by atoms with E-state index in [1.165, 1.54) is 26.4 Å². The number of carbonyl (C=O) groups excluding carboxylic acids is 2. The van der Waals surface area contributed by atoms with E-state index in [0.29, 0.717) is 44.8 Å². The molecule has 1 aliphatic heterocycles. The fourth-order valence-corrected chi connectivity index (χ4v) is 4.26. The number of hydrogen-bond acceptors (Lipinski definition) is 5. The Balaban J connectivity index is 2.08. The van der Waals surface area contributed by atoms with Gasteiger partial charge in [0.1, 0.15) is 5.75 Å². The minimum atomic E-state index is -1.11. The fourth-order valence-electron chi connectivity index (χ4n) is 4.09. The summed E-state index contributed by atoms with van der Waals surface area (Å²) in [6.07, 6.45) is 6.89. The van der Waals surface area contributed by atoms with Crippen LogP contribution in [0, 0.1) is 0 Å². The molecular weight excluding hydrogens is 482 g/mol. The first kappa shape index (κ1) is 24.7. The lowest BCUT2D eigenvalue weighted by atomic mass is 9.94. The van der Waals surface area contributed by atoms with Crippen molar-refractivity contribution in [2.45, 2.75) is 0 Å². The van der Waals surface area contributed by atoms with Crippen molar-refractivity contribution in [2.24, 2.45) is 4.99 Å². The van der Waals surface area contributed by atoms with Gasteiger partial charge in [-0.15, -0.1) is 0 Å². The Morgan fingerprint density at radius 2 is 1.97 bits per heavy atom. The van der Waals surface area contributed by atoms with Gasteiger partial charge < -0.3 is 19.7 Å². The summed E-state index contributed by atoms with van der Waals surface area (Å²) in [6.45, 7) is 0.268. The van der Waals surface area contributed by atoms with Crippen molar-refractivity contribution in [3.8, 4) is 5.75 Å². The molecule has 0 radical (unpaired) electrons. The van der Waals surface area contributed by atoms with E-state index in [9.17, 15) is 19.5 Å². The van der Waals surface area contributed by atoms with Gasteiger partial charge in [-0.05, 0) is 36.4 Å². The standard InChI is InChI=1S/C27H22ClN3O5/c1-29-26(33)25(22(15-32)19-5-3-4-6-24(19)36-2)21-14-31(23-8-7-17(28)12-20(21)23)18-9-10-30-13-16(11-18)27(34)35/h3-9,11-15H,10H2,1-2H3,(H,29,33)(H,34,35)/b25-22+. The quantitative estimate of drug-likeness (QED) is 0.372. The predicted molar refractivity (Wildman–Crippen MR) is 140 cm³/mol. The van der Waals surface area contributed by atoms with Crippen molar-refractivity contribution in [3.63, 3.8) is 0 Å². The van der Waals surface area contributed by atoms with Crippen LogP contribution in [0.2, 0.25) is 5.02 Å². The van der Waals surface area contributed by atoms with E-state index in [2.05, 4.69) is 10.3 Å². The number of amides is 1. The number of aldehydes is 1. The number of likely N-dealkylation sites (N-methyl/N-ethyl adjacent to an activating group) is 1. The molecule has 3 aromatic rings. The SMILES string of the molecule is CNC(=O)/C(=C(\C=O)c1ccccc1OC)c1cn(C2=CCN=CC(C(=O)O)=C2)c2ccc(Cl)cc12. The van der Waals surface area contributed by atoms with E-state index in [1.807, 2.05) is 0 Å². The number of carbonyl (C=O) groups is 3. The molecule has 0 saturated carbocycles. The highest BCUT2D eigenvalue weighted by Gasteiger charge is 2.25. The van der Waals surface area contributed by atoms with Gasteiger partial charge in [-0.3, -0.25) is 14.6 Å². The summed E-state index contributed by atoms with van der Waals surface area (Å²) in [7, 11) is 2.96. The molecule has 0 unspecified atom stereocenters. The molecule has 0 atom stereocenters. The number of aliphatic carboxylic acids is 1. The third-order valence-electron chi connectivity index (χ3n) is 5.74. The summed E-state index contributed by atoms with van der Waals surface area (Å²) in [5, 5.41) is 13.2.